The average molecular weight is 313 g/mol. The van der Waals surface area contributed by atoms with Gasteiger partial charge >= 0.3 is 0 Å². The number of halogens is 2. The third-order valence-corrected chi connectivity index (χ3v) is 2.80. The Labute approximate surface area is 129 Å². The van der Waals surface area contributed by atoms with Crippen molar-refractivity contribution in [2.45, 2.75) is 0 Å². The number of nitrogens with zero attached hydrogens (tertiary/aromatic N) is 5. The van der Waals surface area contributed by atoms with E-state index in [-0.39, 0.29) is 11.4 Å². The molecule has 0 radical (unpaired) electrons. The lowest BCUT2D eigenvalue weighted by molar-refractivity contribution is 0.627. The Kier molecular flexibility index (Phi) is 4.38. The number of allylic oxidation sites excluding steroid dienone is 2. The molecule has 0 amide bonds. The van der Waals surface area contributed by atoms with E-state index in [2.05, 4.69) is 10.4 Å². The highest BCUT2D eigenvalue weighted by Gasteiger charge is 2.12. The van der Waals surface area contributed by atoms with Gasteiger partial charge in [-0.2, -0.15) is 20.9 Å². The fraction of sp³-hybridized carbons (Fsp3) is 0. The molecule has 1 aromatic heterocycles. The first-order valence-electron chi connectivity index (χ1n) is 5.80. The van der Waals surface area contributed by atoms with Gasteiger partial charge in [0.05, 0.1) is 22.6 Å². The Morgan fingerprint density at radius 3 is 2.50 bits per heavy atom. The highest BCUT2D eigenvalue weighted by atomic mass is 35.5. The lowest BCUT2D eigenvalue weighted by atomic mass is 10.2. The molecule has 0 aliphatic carbocycles. The van der Waals surface area contributed by atoms with Gasteiger partial charge in [0, 0.05) is 6.20 Å². The van der Waals surface area contributed by atoms with Crippen LogP contribution in [0.25, 0.3) is 5.69 Å². The van der Waals surface area contributed by atoms with Gasteiger partial charge < -0.3 is 5.32 Å². The van der Waals surface area contributed by atoms with E-state index < -0.39 is 11.4 Å². The molecule has 106 valence electrons. The maximum absolute atomic E-state index is 13.5. The van der Waals surface area contributed by atoms with Crippen LogP contribution in [0.1, 0.15) is 0 Å². The van der Waals surface area contributed by atoms with Crippen LogP contribution in [0.15, 0.2) is 41.9 Å². The summed E-state index contributed by atoms with van der Waals surface area (Å²) in [6.45, 7) is 0. The topological polar surface area (TPSA) is 101 Å². The second kappa shape index (κ2) is 6.41. The van der Waals surface area contributed by atoms with Crippen molar-refractivity contribution in [1.29, 1.82) is 15.8 Å². The minimum absolute atomic E-state index is 0.166. The number of benzene rings is 1. The minimum Gasteiger partial charge on any atom is -0.343 e. The number of nitrogens with one attached hydrogen (secondary N) is 1. The van der Waals surface area contributed by atoms with Gasteiger partial charge in [0.15, 0.2) is 5.57 Å². The molecule has 6 nitrogen and oxygen atoms in total. The van der Waals surface area contributed by atoms with E-state index >= 15 is 0 Å². The molecule has 1 heterocycles. The molecule has 1 aromatic carbocycles. The van der Waals surface area contributed by atoms with Crippen molar-refractivity contribution in [3.63, 3.8) is 0 Å². The normalized spacial score (nSPS) is 9.23. The van der Waals surface area contributed by atoms with Crippen molar-refractivity contribution >= 4 is 17.3 Å². The van der Waals surface area contributed by atoms with Crippen LogP contribution < -0.4 is 5.32 Å². The highest BCUT2D eigenvalue weighted by Crippen LogP contribution is 2.24. The smallest absolute Gasteiger partial charge is 0.163 e. The summed E-state index contributed by atoms with van der Waals surface area (Å²) in [6.07, 6.45) is 2.89. The predicted octanol–water partition coefficient (Wildman–Crippen LogP) is 2.90. The molecular weight excluding hydrogens is 307 g/mol. The summed E-state index contributed by atoms with van der Waals surface area (Å²) in [5, 5.41) is 33.6. The first kappa shape index (κ1) is 15.1. The summed E-state index contributed by atoms with van der Waals surface area (Å²) in [6, 6.07) is 8.65. The number of aromatic nitrogens is 2. The summed E-state index contributed by atoms with van der Waals surface area (Å²) in [5.74, 6) is -0.558. The first-order chi connectivity index (χ1) is 10.6. The Hall–Kier alpha value is -3.34. The van der Waals surface area contributed by atoms with Gasteiger partial charge in [0.1, 0.15) is 29.7 Å². The lowest BCUT2D eigenvalue weighted by Gasteiger charge is -2.11. The van der Waals surface area contributed by atoms with Crippen LogP contribution in [0.4, 0.5) is 10.1 Å². The molecule has 0 spiro atoms. The van der Waals surface area contributed by atoms with Crippen LogP contribution in [0.5, 0.6) is 0 Å². The molecule has 0 fully saturated rings. The third kappa shape index (κ3) is 3.04. The molecule has 0 aliphatic heterocycles. The standard InChI is InChI=1S/C14H6ClFN6/c15-10-7-20-22(8-10)14-2-1-11(16)3-12(14)21-13(6-19)9(4-17)5-18/h1-3,7-8,21H. The number of hydrogen-bond donors (Lipinski definition) is 1. The number of anilines is 1. The summed E-state index contributed by atoms with van der Waals surface area (Å²) >= 11 is 5.80. The fourth-order valence-electron chi connectivity index (χ4n) is 1.66. The van der Waals surface area contributed by atoms with Crippen molar-refractivity contribution in [3.05, 3.63) is 52.7 Å². The molecule has 22 heavy (non-hydrogen) atoms. The van der Waals surface area contributed by atoms with Gasteiger partial charge in [0.25, 0.3) is 0 Å². The SMILES string of the molecule is N#CC(C#N)=C(C#N)Nc1cc(F)ccc1-n1cc(Cl)cn1. The Morgan fingerprint density at radius 1 is 1.23 bits per heavy atom. The zero-order chi connectivity index (χ0) is 16.1. The minimum atomic E-state index is -0.558. The molecule has 2 aromatic rings. The first-order valence-corrected chi connectivity index (χ1v) is 6.18. The third-order valence-electron chi connectivity index (χ3n) is 2.60. The second-order valence-corrected chi connectivity index (χ2v) is 4.41. The fourth-order valence-corrected chi connectivity index (χ4v) is 1.79. The van der Waals surface area contributed by atoms with Crippen molar-refractivity contribution in [2.75, 3.05) is 5.32 Å². The lowest BCUT2D eigenvalue weighted by Crippen LogP contribution is -2.06. The van der Waals surface area contributed by atoms with Gasteiger partial charge in [-0.3, -0.25) is 0 Å². The van der Waals surface area contributed by atoms with Gasteiger partial charge in [-0.05, 0) is 18.2 Å². The summed E-state index contributed by atoms with van der Waals surface area (Å²) in [5.41, 5.74) is -0.123. The highest BCUT2D eigenvalue weighted by molar-refractivity contribution is 6.30. The van der Waals surface area contributed by atoms with E-state index in [1.54, 1.807) is 18.2 Å². The van der Waals surface area contributed by atoms with Crippen LogP contribution in [-0.2, 0) is 0 Å². The van der Waals surface area contributed by atoms with Gasteiger partial charge in [-0.25, -0.2) is 9.07 Å². The van der Waals surface area contributed by atoms with Gasteiger partial charge in [0.2, 0.25) is 0 Å². The number of nitriles is 3. The second-order valence-electron chi connectivity index (χ2n) is 3.98. The van der Waals surface area contributed by atoms with Crippen LogP contribution in [-0.4, -0.2) is 9.78 Å². The van der Waals surface area contributed by atoms with E-state index in [9.17, 15) is 4.39 Å². The van der Waals surface area contributed by atoms with Crippen molar-refractivity contribution in [2.24, 2.45) is 0 Å². The van der Waals surface area contributed by atoms with E-state index in [1.165, 1.54) is 29.2 Å². The van der Waals surface area contributed by atoms with Crippen LogP contribution in [0.2, 0.25) is 5.02 Å². The molecule has 0 saturated carbocycles. The predicted molar refractivity (Wildman–Crippen MR) is 76.0 cm³/mol. The maximum Gasteiger partial charge on any atom is 0.163 e. The number of rotatable bonds is 3. The summed E-state index contributed by atoms with van der Waals surface area (Å²) in [4.78, 5) is 0. The average Bonchev–Trinajstić information content (AvgIpc) is 2.93. The molecule has 1 N–H and O–H groups in total. The molecule has 2 rings (SSSR count). The van der Waals surface area contributed by atoms with Crippen LogP contribution in [0, 0.1) is 39.8 Å². The quantitative estimate of drug-likeness (QED) is 0.878. The van der Waals surface area contributed by atoms with E-state index in [0.717, 1.165) is 6.07 Å². The molecule has 0 saturated heterocycles. The molecule has 0 unspecified atom stereocenters. The van der Waals surface area contributed by atoms with Crippen molar-refractivity contribution < 1.29 is 4.39 Å². The zero-order valence-corrected chi connectivity index (χ0v) is 11.6. The Morgan fingerprint density at radius 2 is 1.95 bits per heavy atom. The molecule has 8 heteroatoms. The molecule has 0 atom stereocenters. The maximum atomic E-state index is 13.5. The van der Waals surface area contributed by atoms with Crippen molar-refractivity contribution in [3.8, 4) is 23.9 Å². The van der Waals surface area contributed by atoms with Gasteiger partial charge in [-0.15, -0.1) is 0 Å². The molecule has 0 aliphatic rings. The largest absolute Gasteiger partial charge is 0.343 e. The molecular formula is C14H6ClFN6. The molecule has 0 bridgehead atoms. The van der Waals surface area contributed by atoms with E-state index in [0.29, 0.717) is 10.7 Å². The van der Waals surface area contributed by atoms with E-state index in [4.69, 9.17) is 27.4 Å². The Bertz CT molecular complexity index is 862. The Balaban J connectivity index is 2.55. The zero-order valence-electron chi connectivity index (χ0n) is 10.9. The summed E-state index contributed by atoms with van der Waals surface area (Å²) < 4.78 is 14.8. The van der Waals surface area contributed by atoms with Gasteiger partial charge in [-0.1, -0.05) is 11.6 Å². The van der Waals surface area contributed by atoms with Crippen LogP contribution in [0.3, 0.4) is 0 Å². The van der Waals surface area contributed by atoms with Crippen LogP contribution >= 0.6 is 11.6 Å². The van der Waals surface area contributed by atoms with E-state index in [1.807, 2.05) is 0 Å². The number of hydrogen-bond acceptors (Lipinski definition) is 5. The monoisotopic (exact) mass is 312 g/mol. The summed E-state index contributed by atoms with van der Waals surface area (Å²) in [7, 11) is 0. The van der Waals surface area contributed by atoms with Crippen molar-refractivity contribution in [1.82, 2.24) is 9.78 Å².